The average Bonchev–Trinajstić information content (AvgIpc) is 2.59. The third-order valence-corrected chi connectivity index (χ3v) is 3.79. The summed E-state index contributed by atoms with van der Waals surface area (Å²) in [5, 5.41) is 19.6. The standard InChI is InChI=1S/C18H16FN3O3/c1-2-22(10-16(24)25)18-13-9-11(19)7-8-14(13)20-17(21-18)12-5-3-4-6-15(12)23/h3-9,23H,2,10H2,1H3,(H,24,25). The van der Waals surface area contributed by atoms with Gasteiger partial charge in [0.25, 0.3) is 0 Å². The lowest BCUT2D eigenvalue weighted by Crippen LogP contribution is -2.30. The number of likely N-dealkylation sites (N-methyl/N-ethyl adjacent to an activating group) is 1. The molecule has 0 fully saturated rings. The van der Waals surface area contributed by atoms with Gasteiger partial charge < -0.3 is 15.1 Å². The summed E-state index contributed by atoms with van der Waals surface area (Å²) in [5.41, 5.74) is 0.884. The summed E-state index contributed by atoms with van der Waals surface area (Å²) in [4.78, 5) is 21.5. The van der Waals surface area contributed by atoms with Crippen molar-refractivity contribution in [2.75, 3.05) is 18.0 Å². The zero-order chi connectivity index (χ0) is 18.0. The molecule has 2 N–H and O–H groups in total. The van der Waals surface area contributed by atoms with Gasteiger partial charge in [-0.25, -0.2) is 14.4 Å². The van der Waals surface area contributed by atoms with Gasteiger partial charge in [0.2, 0.25) is 0 Å². The molecule has 0 bridgehead atoms. The Hall–Kier alpha value is -3.22. The number of phenols is 1. The van der Waals surface area contributed by atoms with E-state index in [-0.39, 0.29) is 18.1 Å². The van der Waals surface area contributed by atoms with E-state index in [0.717, 1.165) is 0 Å². The molecule has 3 aromatic rings. The fourth-order valence-corrected chi connectivity index (χ4v) is 2.61. The van der Waals surface area contributed by atoms with E-state index in [1.165, 1.54) is 29.2 Å². The molecule has 0 saturated heterocycles. The van der Waals surface area contributed by atoms with Crippen molar-refractivity contribution in [2.45, 2.75) is 6.92 Å². The van der Waals surface area contributed by atoms with Crippen LogP contribution in [-0.4, -0.2) is 39.2 Å². The number of hydrogen-bond acceptors (Lipinski definition) is 5. The lowest BCUT2D eigenvalue weighted by molar-refractivity contribution is -0.135. The number of carboxylic acid groups (broad SMARTS) is 1. The highest BCUT2D eigenvalue weighted by molar-refractivity contribution is 5.92. The maximum absolute atomic E-state index is 13.7. The molecule has 0 spiro atoms. The predicted molar refractivity (Wildman–Crippen MR) is 92.1 cm³/mol. The number of para-hydroxylation sites is 1. The molecule has 3 rings (SSSR count). The first-order valence-electron chi connectivity index (χ1n) is 7.72. The maximum Gasteiger partial charge on any atom is 0.323 e. The van der Waals surface area contributed by atoms with Crippen molar-refractivity contribution in [1.29, 1.82) is 0 Å². The van der Waals surface area contributed by atoms with Crippen LogP contribution in [0.25, 0.3) is 22.3 Å². The van der Waals surface area contributed by atoms with Crippen LogP contribution in [0.2, 0.25) is 0 Å². The van der Waals surface area contributed by atoms with Crippen LogP contribution in [0.3, 0.4) is 0 Å². The number of carboxylic acids is 1. The highest BCUT2D eigenvalue weighted by Crippen LogP contribution is 2.31. The average molecular weight is 341 g/mol. The number of anilines is 1. The normalized spacial score (nSPS) is 10.8. The molecule has 1 heterocycles. The maximum atomic E-state index is 13.7. The van der Waals surface area contributed by atoms with Crippen molar-refractivity contribution >= 4 is 22.7 Å². The molecule has 0 saturated carbocycles. The minimum Gasteiger partial charge on any atom is -0.507 e. The largest absolute Gasteiger partial charge is 0.507 e. The van der Waals surface area contributed by atoms with Gasteiger partial charge in [-0.1, -0.05) is 12.1 Å². The Kier molecular flexibility index (Phi) is 4.47. The minimum atomic E-state index is -1.02. The molecule has 128 valence electrons. The number of nitrogens with zero attached hydrogens (tertiary/aromatic N) is 3. The summed E-state index contributed by atoms with van der Waals surface area (Å²) in [6, 6.07) is 10.7. The Morgan fingerprint density at radius 3 is 2.64 bits per heavy atom. The number of rotatable bonds is 5. The van der Waals surface area contributed by atoms with Crippen LogP contribution in [0.4, 0.5) is 10.2 Å². The van der Waals surface area contributed by atoms with Gasteiger partial charge in [0, 0.05) is 11.9 Å². The van der Waals surface area contributed by atoms with Gasteiger partial charge in [-0.15, -0.1) is 0 Å². The number of benzene rings is 2. The fraction of sp³-hybridized carbons (Fsp3) is 0.167. The zero-order valence-corrected chi connectivity index (χ0v) is 13.5. The number of carbonyl (C=O) groups is 1. The molecule has 0 atom stereocenters. The molecule has 0 aliphatic carbocycles. The molecule has 0 amide bonds. The predicted octanol–water partition coefficient (Wildman–Crippen LogP) is 3.05. The summed E-state index contributed by atoms with van der Waals surface area (Å²) >= 11 is 0. The first kappa shape index (κ1) is 16.6. The van der Waals surface area contributed by atoms with Gasteiger partial charge in [0.05, 0.1) is 11.1 Å². The second kappa shape index (κ2) is 6.72. The third kappa shape index (κ3) is 3.35. The van der Waals surface area contributed by atoms with Gasteiger partial charge in [-0.3, -0.25) is 4.79 Å². The van der Waals surface area contributed by atoms with Gasteiger partial charge in [-0.2, -0.15) is 0 Å². The first-order valence-corrected chi connectivity index (χ1v) is 7.72. The molecule has 25 heavy (non-hydrogen) atoms. The van der Waals surface area contributed by atoms with E-state index in [2.05, 4.69) is 9.97 Å². The topological polar surface area (TPSA) is 86.6 Å². The van der Waals surface area contributed by atoms with Crippen LogP contribution < -0.4 is 4.90 Å². The summed E-state index contributed by atoms with van der Waals surface area (Å²) in [6.07, 6.45) is 0. The lowest BCUT2D eigenvalue weighted by atomic mass is 10.1. The first-order chi connectivity index (χ1) is 12.0. The summed E-state index contributed by atoms with van der Waals surface area (Å²) in [5.74, 6) is -0.909. The Morgan fingerprint density at radius 2 is 1.96 bits per heavy atom. The Bertz CT molecular complexity index is 946. The smallest absolute Gasteiger partial charge is 0.323 e. The second-order valence-corrected chi connectivity index (χ2v) is 5.46. The molecule has 0 unspecified atom stereocenters. The van der Waals surface area contributed by atoms with Crippen molar-refractivity contribution in [3.8, 4) is 17.1 Å². The highest BCUT2D eigenvalue weighted by Gasteiger charge is 2.18. The zero-order valence-electron chi connectivity index (χ0n) is 13.5. The van der Waals surface area contributed by atoms with Crippen molar-refractivity contribution in [3.05, 3.63) is 48.3 Å². The van der Waals surface area contributed by atoms with Gasteiger partial charge >= 0.3 is 5.97 Å². The van der Waals surface area contributed by atoms with Crippen molar-refractivity contribution in [3.63, 3.8) is 0 Å². The van der Waals surface area contributed by atoms with Crippen LogP contribution in [0, 0.1) is 5.82 Å². The monoisotopic (exact) mass is 341 g/mol. The van der Waals surface area contributed by atoms with E-state index < -0.39 is 11.8 Å². The SMILES string of the molecule is CCN(CC(=O)O)c1nc(-c2ccccc2O)nc2ccc(F)cc12. The van der Waals surface area contributed by atoms with Crippen LogP contribution in [0.15, 0.2) is 42.5 Å². The van der Waals surface area contributed by atoms with E-state index in [0.29, 0.717) is 28.8 Å². The molecular formula is C18H16FN3O3. The molecule has 6 nitrogen and oxygen atoms in total. The number of halogens is 1. The van der Waals surface area contributed by atoms with Crippen LogP contribution in [0.5, 0.6) is 5.75 Å². The summed E-state index contributed by atoms with van der Waals surface area (Å²) in [7, 11) is 0. The molecule has 2 aromatic carbocycles. The second-order valence-electron chi connectivity index (χ2n) is 5.46. The van der Waals surface area contributed by atoms with Crippen molar-refractivity contribution in [2.24, 2.45) is 0 Å². The quantitative estimate of drug-likeness (QED) is 0.742. The minimum absolute atomic E-state index is 0.0104. The highest BCUT2D eigenvalue weighted by atomic mass is 19.1. The molecule has 0 aliphatic rings. The van der Waals surface area contributed by atoms with Gasteiger partial charge in [0.15, 0.2) is 5.82 Å². The number of aromatic hydroxyl groups is 1. The third-order valence-electron chi connectivity index (χ3n) is 3.79. The number of phenolic OH excluding ortho intramolecular Hbond substituents is 1. The Morgan fingerprint density at radius 1 is 1.20 bits per heavy atom. The van der Waals surface area contributed by atoms with Gasteiger partial charge in [-0.05, 0) is 37.3 Å². The van der Waals surface area contributed by atoms with Crippen molar-refractivity contribution in [1.82, 2.24) is 9.97 Å². The summed E-state index contributed by atoms with van der Waals surface area (Å²) in [6.45, 7) is 1.88. The van der Waals surface area contributed by atoms with E-state index in [4.69, 9.17) is 5.11 Å². The Labute approximate surface area is 143 Å². The van der Waals surface area contributed by atoms with Crippen LogP contribution in [0.1, 0.15) is 6.92 Å². The number of aliphatic carboxylic acids is 1. The molecule has 0 aliphatic heterocycles. The molecule has 7 heteroatoms. The number of hydrogen-bond donors (Lipinski definition) is 2. The van der Waals surface area contributed by atoms with Crippen molar-refractivity contribution < 1.29 is 19.4 Å². The van der Waals surface area contributed by atoms with E-state index in [9.17, 15) is 14.3 Å². The number of fused-ring (bicyclic) bond motifs is 1. The number of aromatic nitrogens is 2. The van der Waals surface area contributed by atoms with E-state index >= 15 is 0 Å². The van der Waals surface area contributed by atoms with Gasteiger partial charge in [0.1, 0.15) is 23.9 Å². The van der Waals surface area contributed by atoms with E-state index in [1.807, 2.05) is 0 Å². The lowest BCUT2D eigenvalue weighted by Gasteiger charge is -2.22. The Balaban J connectivity index is 2.26. The summed E-state index contributed by atoms with van der Waals surface area (Å²) < 4.78 is 13.7. The molecule has 0 radical (unpaired) electrons. The van der Waals surface area contributed by atoms with Crippen LogP contribution in [-0.2, 0) is 4.79 Å². The van der Waals surface area contributed by atoms with Crippen LogP contribution >= 0.6 is 0 Å². The fourth-order valence-electron chi connectivity index (χ4n) is 2.61. The molecule has 1 aromatic heterocycles. The molecular weight excluding hydrogens is 325 g/mol. The van der Waals surface area contributed by atoms with E-state index in [1.54, 1.807) is 25.1 Å².